The van der Waals surface area contributed by atoms with E-state index in [2.05, 4.69) is 13.2 Å². The Morgan fingerprint density at radius 2 is 0.742 bits per heavy atom. The lowest BCUT2D eigenvalue weighted by molar-refractivity contribution is -0.130. The molecule has 2 fully saturated rings. The molecule has 0 aliphatic carbocycles. The second-order valence-corrected chi connectivity index (χ2v) is 13.0. The third-order valence-corrected chi connectivity index (χ3v) is 9.24. The first-order chi connectivity index (χ1) is 29.9. The van der Waals surface area contributed by atoms with E-state index < -0.39 is 60.2 Å². The van der Waals surface area contributed by atoms with Gasteiger partial charge in [0.2, 0.25) is 0 Å². The van der Waals surface area contributed by atoms with Crippen LogP contribution in [0.5, 0.6) is 46.0 Å². The number of rotatable bonds is 16. The Balaban J connectivity index is 1.04. The van der Waals surface area contributed by atoms with Gasteiger partial charge in [-0.15, -0.1) is 0 Å². The molecular formula is C44H38O18. The Kier molecular flexibility index (Phi) is 13.9. The standard InChI is InChI=1S/C44H38O18/c1-7-37(45)57-27-13-9-23(17-31(27)51-3)41(47)59-29-15-11-25(19-33(29)53-5)43(49)61-35-21-55-40-36(22-56-39(35)40)62-44(50)26-12-16-30(34(20-26)54-6)60-42(48)24-10-14-28(32(18-24)52-4)58-38(46)8-2/h7-20,35-36,39-40H,1-2,21-22H2,3-6H3/t35-,36+,39-,40-/m0/s1. The van der Waals surface area contributed by atoms with Gasteiger partial charge >= 0.3 is 35.8 Å². The summed E-state index contributed by atoms with van der Waals surface area (Å²) in [6.45, 7) is 6.58. The molecule has 0 saturated carbocycles. The van der Waals surface area contributed by atoms with E-state index in [1.807, 2.05) is 0 Å². The van der Waals surface area contributed by atoms with Gasteiger partial charge in [0.25, 0.3) is 0 Å². The molecule has 6 rings (SSSR count). The van der Waals surface area contributed by atoms with Gasteiger partial charge in [0.1, 0.15) is 12.2 Å². The Hall–Kier alpha value is -7.70. The lowest BCUT2D eigenvalue weighted by Gasteiger charge is -2.18. The molecule has 2 heterocycles. The van der Waals surface area contributed by atoms with Crippen molar-refractivity contribution in [2.75, 3.05) is 41.7 Å². The second-order valence-electron chi connectivity index (χ2n) is 13.0. The monoisotopic (exact) mass is 854 g/mol. The first kappa shape index (κ1) is 43.9. The van der Waals surface area contributed by atoms with Crippen LogP contribution >= 0.6 is 0 Å². The number of ether oxygens (including phenoxy) is 12. The Morgan fingerprint density at radius 1 is 0.452 bits per heavy atom. The molecule has 2 saturated heterocycles. The van der Waals surface area contributed by atoms with Crippen LogP contribution in [0.1, 0.15) is 41.4 Å². The molecule has 4 atom stereocenters. The van der Waals surface area contributed by atoms with Crippen molar-refractivity contribution in [1.29, 1.82) is 0 Å². The topological polar surface area (TPSA) is 213 Å². The Morgan fingerprint density at radius 3 is 1.03 bits per heavy atom. The van der Waals surface area contributed by atoms with Crippen LogP contribution in [0.2, 0.25) is 0 Å². The van der Waals surface area contributed by atoms with Crippen molar-refractivity contribution in [1.82, 2.24) is 0 Å². The van der Waals surface area contributed by atoms with Crippen LogP contribution in [0, 0.1) is 0 Å². The van der Waals surface area contributed by atoms with Crippen LogP contribution in [-0.2, 0) is 28.5 Å². The van der Waals surface area contributed by atoms with Crippen LogP contribution in [0.3, 0.4) is 0 Å². The van der Waals surface area contributed by atoms with Crippen LogP contribution in [0.25, 0.3) is 0 Å². The molecule has 0 bridgehead atoms. The predicted octanol–water partition coefficient (Wildman–Crippen LogP) is 4.89. The molecule has 2 aliphatic rings. The zero-order valence-corrected chi connectivity index (χ0v) is 33.6. The highest BCUT2D eigenvalue weighted by Gasteiger charge is 2.51. The average Bonchev–Trinajstić information content (AvgIpc) is 3.88. The van der Waals surface area contributed by atoms with E-state index in [-0.39, 0.29) is 81.5 Å². The first-order valence-electron chi connectivity index (χ1n) is 18.4. The maximum atomic E-state index is 13.3. The highest BCUT2D eigenvalue weighted by atomic mass is 16.7. The second kappa shape index (κ2) is 19.6. The first-order valence-corrected chi connectivity index (χ1v) is 18.4. The van der Waals surface area contributed by atoms with Crippen molar-refractivity contribution in [3.63, 3.8) is 0 Å². The molecule has 322 valence electrons. The molecule has 0 N–H and O–H groups in total. The number of methoxy groups -OCH3 is 4. The number of hydrogen-bond acceptors (Lipinski definition) is 18. The molecule has 2 aliphatic heterocycles. The van der Waals surface area contributed by atoms with Gasteiger partial charge < -0.3 is 56.8 Å². The molecule has 0 spiro atoms. The van der Waals surface area contributed by atoms with Crippen molar-refractivity contribution in [2.24, 2.45) is 0 Å². The number of fused-ring (bicyclic) bond motifs is 1. The fraction of sp³-hybridized carbons (Fsp3) is 0.227. The number of carbonyl (C=O) groups excluding carboxylic acids is 6. The van der Waals surface area contributed by atoms with Gasteiger partial charge in [-0.25, -0.2) is 28.8 Å². The fourth-order valence-corrected chi connectivity index (χ4v) is 6.18. The Labute approximate surface area is 353 Å². The lowest BCUT2D eigenvalue weighted by atomic mass is 10.1. The third-order valence-electron chi connectivity index (χ3n) is 9.24. The lowest BCUT2D eigenvalue weighted by Crippen LogP contribution is -2.36. The molecule has 0 radical (unpaired) electrons. The van der Waals surface area contributed by atoms with E-state index in [9.17, 15) is 28.8 Å². The fourth-order valence-electron chi connectivity index (χ4n) is 6.18. The van der Waals surface area contributed by atoms with Crippen molar-refractivity contribution >= 4 is 35.8 Å². The molecule has 0 amide bonds. The summed E-state index contributed by atoms with van der Waals surface area (Å²) in [6, 6.07) is 16.2. The molecule has 0 unspecified atom stereocenters. The van der Waals surface area contributed by atoms with E-state index in [0.29, 0.717) is 0 Å². The quantitative estimate of drug-likeness (QED) is 0.0833. The van der Waals surface area contributed by atoms with Gasteiger partial charge in [-0.1, -0.05) is 13.2 Å². The summed E-state index contributed by atoms with van der Waals surface area (Å²) in [5.74, 6) is -4.12. The number of carbonyl (C=O) groups is 6. The van der Waals surface area contributed by atoms with E-state index in [0.717, 1.165) is 12.2 Å². The maximum Gasteiger partial charge on any atom is 0.343 e. The van der Waals surface area contributed by atoms with E-state index in [1.165, 1.54) is 101 Å². The Bertz CT molecular complexity index is 2250. The SMILES string of the molecule is C=CC(=O)Oc1ccc(C(=O)Oc2ccc(C(=O)O[C@H]3CO[C@@H]4[C@H]3OC[C@H]4OC(=O)c3ccc(OC(=O)c4ccc(OC(=O)C=C)c(OC)c4)c(OC)c3)cc2OC)cc1OC. The minimum absolute atomic E-state index is 0.00481. The highest BCUT2D eigenvalue weighted by Crippen LogP contribution is 2.36. The van der Waals surface area contributed by atoms with Crippen molar-refractivity contribution in [3.05, 3.63) is 120 Å². The van der Waals surface area contributed by atoms with Gasteiger partial charge in [-0.3, -0.25) is 0 Å². The molecule has 18 heteroatoms. The summed E-state index contributed by atoms with van der Waals surface area (Å²) in [7, 11) is 5.32. The third kappa shape index (κ3) is 9.83. The van der Waals surface area contributed by atoms with Crippen molar-refractivity contribution in [2.45, 2.75) is 24.4 Å². The molecule has 4 aromatic carbocycles. The number of esters is 6. The van der Waals surface area contributed by atoms with Gasteiger partial charge in [-0.2, -0.15) is 0 Å². The van der Waals surface area contributed by atoms with E-state index >= 15 is 0 Å². The summed E-state index contributed by atoms with van der Waals surface area (Å²) < 4.78 is 65.6. The number of benzene rings is 4. The van der Waals surface area contributed by atoms with Crippen molar-refractivity contribution < 1.29 is 85.6 Å². The minimum atomic E-state index is -0.865. The van der Waals surface area contributed by atoms with Gasteiger partial charge in [0, 0.05) is 12.2 Å². The molecular weight excluding hydrogens is 816 g/mol. The van der Waals surface area contributed by atoms with Crippen molar-refractivity contribution in [3.8, 4) is 46.0 Å². The summed E-state index contributed by atoms with van der Waals surface area (Å²) in [4.78, 5) is 75.8. The van der Waals surface area contributed by atoms with Crippen LogP contribution in [0.15, 0.2) is 98.1 Å². The molecule has 4 aromatic rings. The minimum Gasteiger partial charge on any atom is -0.493 e. The average molecular weight is 855 g/mol. The summed E-state index contributed by atoms with van der Waals surface area (Å²) in [5, 5.41) is 0. The largest absolute Gasteiger partial charge is 0.493 e. The van der Waals surface area contributed by atoms with Gasteiger partial charge in [0.15, 0.2) is 58.2 Å². The summed E-state index contributed by atoms with van der Waals surface area (Å²) >= 11 is 0. The zero-order valence-electron chi connectivity index (χ0n) is 33.6. The molecule has 0 aromatic heterocycles. The molecule has 62 heavy (non-hydrogen) atoms. The van der Waals surface area contributed by atoms with Crippen LogP contribution in [0.4, 0.5) is 0 Å². The zero-order chi connectivity index (χ0) is 44.5. The normalized spacial score (nSPS) is 17.3. The van der Waals surface area contributed by atoms with E-state index in [1.54, 1.807) is 0 Å². The van der Waals surface area contributed by atoms with Crippen LogP contribution in [-0.4, -0.2) is 102 Å². The van der Waals surface area contributed by atoms with Gasteiger partial charge in [0.05, 0.1) is 63.9 Å². The van der Waals surface area contributed by atoms with Gasteiger partial charge in [-0.05, 0) is 72.8 Å². The summed E-state index contributed by atoms with van der Waals surface area (Å²) in [6.07, 6.45) is -1.30. The van der Waals surface area contributed by atoms with E-state index in [4.69, 9.17) is 56.8 Å². The number of hydrogen-bond donors (Lipinski definition) is 0. The molecule has 18 nitrogen and oxygen atoms in total. The highest BCUT2D eigenvalue weighted by molar-refractivity contribution is 5.95. The predicted molar refractivity (Wildman–Crippen MR) is 211 cm³/mol. The summed E-state index contributed by atoms with van der Waals surface area (Å²) in [5.41, 5.74) is 0.259. The van der Waals surface area contributed by atoms with Crippen LogP contribution < -0.4 is 37.9 Å². The maximum absolute atomic E-state index is 13.3. The smallest absolute Gasteiger partial charge is 0.343 e.